The molecule has 0 aliphatic carbocycles. The van der Waals surface area contributed by atoms with Crippen LogP contribution in [0.5, 0.6) is 11.5 Å². The number of para-hydroxylation sites is 1. The molecule has 1 atom stereocenters. The topological polar surface area (TPSA) is 55.8 Å². The molecule has 1 N–H and O–H groups in total. The Labute approximate surface area is 135 Å². The molecule has 2 rings (SSSR count). The predicted molar refractivity (Wildman–Crippen MR) is 87.3 cm³/mol. The molecular formula is C19H18O4. The van der Waals surface area contributed by atoms with Crippen molar-refractivity contribution >= 4 is 5.97 Å². The Morgan fingerprint density at radius 1 is 1.09 bits per heavy atom. The Hall–Kier alpha value is -2.81. The lowest BCUT2D eigenvalue weighted by molar-refractivity contribution is -0.130. The first kappa shape index (κ1) is 16.6. The van der Waals surface area contributed by atoms with Gasteiger partial charge in [-0.25, -0.2) is 4.79 Å². The zero-order chi connectivity index (χ0) is 16.7. The lowest BCUT2D eigenvalue weighted by Gasteiger charge is -2.06. The molecule has 0 amide bonds. The fourth-order valence-electron chi connectivity index (χ4n) is 1.83. The molecule has 23 heavy (non-hydrogen) atoms. The van der Waals surface area contributed by atoms with Crippen molar-refractivity contribution in [3.63, 3.8) is 0 Å². The van der Waals surface area contributed by atoms with Crippen LogP contribution in [0.3, 0.4) is 0 Å². The van der Waals surface area contributed by atoms with E-state index in [1.165, 1.54) is 6.08 Å². The van der Waals surface area contributed by atoms with Crippen molar-refractivity contribution in [1.29, 1.82) is 0 Å². The highest BCUT2D eigenvalue weighted by Crippen LogP contribution is 2.18. The summed E-state index contributed by atoms with van der Waals surface area (Å²) in [7, 11) is 1.58. The highest BCUT2D eigenvalue weighted by molar-refractivity contribution is 5.89. The van der Waals surface area contributed by atoms with Gasteiger partial charge in [-0.2, -0.15) is 0 Å². The molecule has 0 aromatic heterocycles. The molecule has 0 bridgehead atoms. The molecule has 118 valence electrons. The predicted octanol–water partition coefficient (Wildman–Crippen LogP) is 3.44. The van der Waals surface area contributed by atoms with Crippen molar-refractivity contribution in [2.75, 3.05) is 7.11 Å². The van der Waals surface area contributed by atoms with Gasteiger partial charge in [0.25, 0.3) is 0 Å². The van der Waals surface area contributed by atoms with Gasteiger partial charge in [0.15, 0.2) is 0 Å². The number of benzene rings is 2. The summed E-state index contributed by atoms with van der Waals surface area (Å²) in [5.74, 6) is 0.673. The van der Waals surface area contributed by atoms with Gasteiger partial charge >= 0.3 is 5.97 Å². The van der Waals surface area contributed by atoms with E-state index in [-0.39, 0.29) is 5.57 Å². The molecule has 0 aliphatic heterocycles. The number of aliphatic hydroxyl groups excluding tert-OH is 1. The number of methoxy groups -OCH3 is 1. The third kappa shape index (κ3) is 4.85. The van der Waals surface area contributed by atoms with Crippen LogP contribution in [0.1, 0.15) is 18.6 Å². The van der Waals surface area contributed by atoms with Gasteiger partial charge in [0.2, 0.25) is 0 Å². The van der Waals surface area contributed by atoms with Crippen molar-refractivity contribution in [2.45, 2.75) is 13.0 Å². The van der Waals surface area contributed by atoms with Gasteiger partial charge in [-0.05, 0) is 42.8 Å². The van der Waals surface area contributed by atoms with Gasteiger partial charge in [0.05, 0.1) is 12.7 Å². The van der Waals surface area contributed by atoms with Crippen LogP contribution in [-0.4, -0.2) is 18.2 Å². The number of carbonyl (C=O) groups excluding carboxylic acids is 1. The number of hydrogen-bond acceptors (Lipinski definition) is 4. The number of rotatable bonds is 5. The largest absolute Gasteiger partial charge is 0.497 e. The van der Waals surface area contributed by atoms with E-state index >= 15 is 0 Å². The fourth-order valence-corrected chi connectivity index (χ4v) is 1.83. The average molecular weight is 310 g/mol. The number of ether oxygens (including phenoxy) is 2. The summed E-state index contributed by atoms with van der Waals surface area (Å²) in [6.07, 6.45) is 0.559. The normalized spacial score (nSPS) is 11.1. The minimum atomic E-state index is -0.861. The van der Waals surface area contributed by atoms with Crippen molar-refractivity contribution in [3.05, 3.63) is 77.5 Å². The Bertz CT molecular complexity index is 711. The minimum Gasteiger partial charge on any atom is -0.497 e. The lowest BCUT2D eigenvalue weighted by Crippen LogP contribution is -2.08. The fraction of sp³-hybridized carbons (Fsp3) is 0.158. The van der Waals surface area contributed by atoms with Crippen LogP contribution in [0.25, 0.3) is 0 Å². The van der Waals surface area contributed by atoms with Crippen molar-refractivity contribution in [1.82, 2.24) is 0 Å². The van der Waals surface area contributed by atoms with Crippen LogP contribution >= 0.6 is 0 Å². The molecular weight excluding hydrogens is 292 g/mol. The summed E-state index contributed by atoms with van der Waals surface area (Å²) >= 11 is 0. The second-order valence-electron chi connectivity index (χ2n) is 4.86. The SMILES string of the molecule is COc1ccc(C(O)C=C=C(C)C(=O)Oc2ccccc2)cc1. The van der Waals surface area contributed by atoms with Crippen molar-refractivity contribution in [3.8, 4) is 11.5 Å². The van der Waals surface area contributed by atoms with Crippen LogP contribution in [0.2, 0.25) is 0 Å². The van der Waals surface area contributed by atoms with Crippen molar-refractivity contribution < 1.29 is 19.4 Å². The van der Waals surface area contributed by atoms with Gasteiger partial charge in [0.1, 0.15) is 17.6 Å². The summed E-state index contributed by atoms with van der Waals surface area (Å²) in [5, 5.41) is 10.1. The molecule has 1 unspecified atom stereocenters. The molecule has 0 heterocycles. The third-order valence-electron chi connectivity index (χ3n) is 3.17. The molecule has 2 aromatic carbocycles. The van der Waals surface area contributed by atoms with Crippen LogP contribution < -0.4 is 9.47 Å². The number of carbonyl (C=O) groups is 1. The molecule has 0 saturated carbocycles. The summed E-state index contributed by atoms with van der Waals surface area (Å²) in [6, 6.07) is 15.8. The van der Waals surface area contributed by atoms with E-state index < -0.39 is 12.1 Å². The van der Waals surface area contributed by atoms with Gasteiger partial charge in [-0.3, -0.25) is 0 Å². The molecule has 2 aromatic rings. The summed E-state index contributed by atoms with van der Waals surface area (Å²) in [5.41, 5.74) is 3.73. The molecule has 4 heteroatoms. The average Bonchev–Trinajstić information content (AvgIpc) is 2.60. The standard InChI is InChI=1S/C19H18O4/c1-14(19(21)23-17-6-4-3-5-7-17)8-13-18(20)15-9-11-16(22-2)12-10-15/h3-7,9-13,18,20H,1-2H3. The third-order valence-corrected chi connectivity index (χ3v) is 3.17. The zero-order valence-electron chi connectivity index (χ0n) is 13.0. The maximum atomic E-state index is 11.9. The summed E-state index contributed by atoms with van der Waals surface area (Å²) < 4.78 is 10.3. The quantitative estimate of drug-likeness (QED) is 0.398. The van der Waals surface area contributed by atoms with E-state index in [4.69, 9.17) is 9.47 Å². The van der Waals surface area contributed by atoms with Gasteiger partial charge in [-0.1, -0.05) is 30.3 Å². The van der Waals surface area contributed by atoms with Crippen LogP contribution in [0.4, 0.5) is 0 Å². The monoisotopic (exact) mass is 310 g/mol. The van der Waals surface area contributed by atoms with Gasteiger partial charge in [0, 0.05) is 0 Å². The van der Waals surface area contributed by atoms with E-state index in [2.05, 4.69) is 5.73 Å². The van der Waals surface area contributed by atoms with Crippen LogP contribution in [-0.2, 0) is 4.79 Å². The Kier molecular flexibility index (Phi) is 5.75. The second-order valence-corrected chi connectivity index (χ2v) is 4.86. The number of hydrogen-bond donors (Lipinski definition) is 1. The summed E-state index contributed by atoms with van der Waals surface area (Å²) in [6.45, 7) is 1.59. The van der Waals surface area contributed by atoms with E-state index in [1.54, 1.807) is 62.6 Å². The molecule has 0 aliphatic rings. The van der Waals surface area contributed by atoms with Gasteiger partial charge < -0.3 is 14.6 Å². The van der Waals surface area contributed by atoms with E-state index in [0.717, 1.165) is 0 Å². The lowest BCUT2D eigenvalue weighted by atomic mass is 10.1. The number of aliphatic hydroxyl groups is 1. The van der Waals surface area contributed by atoms with E-state index in [9.17, 15) is 9.90 Å². The molecule has 4 nitrogen and oxygen atoms in total. The second kappa shape index (κ2) is 7.99. The first-order valence-corrected chi connectivity index (χ1v) is 7.13. The minimum absolute atomic E-state index is 0.279. The Balaban J connectivity index is 2.05. The van der Waals surface area contributed by atoms with E-state index in [0.29, 0.717) is 17.1 Å². The maximum Gasteiger partial charge on any atom is 0.346 e. The highest BCUT2D eigenvalue weighted by Gasteiger charge is 2.07. The molecule has 0 spiro atoms. The molecule has 0 saturated heterocycles. The maximum absolute atomic E-state index is 11.9. The van der Waals surface area contributed by atoms with E-state index in [1.807, 2.05) is 6.07 Å². The molecule has 0 radical (unpaired) electrons. The number of esters is 1. The van der Waals surface area contributed by atoms with Crippen molar-refractivity contribution in [2.24, 2.45) is 0 Å². The summed E-state index contributed by atoms with van der Waals surface area (Å²) in [4.78, 5) is 11.9. The first-order chi connectivity index (χ1) is 11.1. The van der Waals surface area contributed by atoms with Gasteiger partial charge in [-0.15, -0.1) is 5.73 Å². The van der Waals surface area contributed by atoms with Crippen LogP contribution in [0, 0.1) is 0 Å². The smallest absolute Gasteiger partial charge is 0.346 e. The Morgan fingerprint density at radius 3 is 2.35 bits per heavy atom. The first-order valence-electron chi connectivity index (χ1n) is 7.13. The molecule has 0 fully saturated rings. The zero-order valence-corrected chi connectivity index (χ0v) is 13.0. The van der Waals surface area contributed by atoms with Crippen LogP contribution in [0.15, 0.2) is 72.0 Å². The highest BCUT2D eigenvalue weighted by atomic mass is 16.5. The Morgan fingerprint density at radius 2 is 1.74 bits per heavy atom.